The molecule has 1 aromatic carbocycles. The summed E-state index contributed by atoms with van der Waals surface area (Å²) in [4.78, 5) is 28.6. The minimum atomic E-state index is -4.14. The Morgan fingerprint density at radius 3 is 2.76 bits per heavy atom. The van der Waals surface area contributed by atoms with Crippen LogP contribution in [-0.2, 0) is 37.3 Å². The zero-order valence-corrected chi connectivity index (χ0v) is 23.6. The molecule has 1 atom stereocenters. The average molecular weight is 566 g/mol. The summed E-state index contributed by atoms with van der Waals surface area (Å²) in [7, 11) is -4.14. The van der Waals surface area contributed by atoms with Gasteiger partial charge in [-0.05, 0) is 88.0 Å². The topological polar surface area (TPSA) is 96.0 Å². The Morgan fingerprint density at radius 1 is 1.27 bits per heavy atom. The molecule has 1 amide bonds. The van der Waals surface area contributed by atoms with Gasteiger partial charge in [0.25, 0.3) is 0 Å². The van der Waals surface area contributed by atoms with Crippen LogP contribution in [-0.4, -0.2) is 55.9 Å². The predicted molar refractivity (Wildman–Crippen MR) is 147 cm³/mol. The summed E-state index contributed by atoms with van der Waals surface area (Å²) in [5.41, 5.74) is 2.34. The number of amides is 1. The largest absolute Gasteiger partial charge is 0.459 e. The number of hydrogen-bond acceptors (Lipinski definition) is 7. The van der Waals surface area contributed by atoms with Crippen molar-refractivity contribution in [2.45, 2.75) is 58.2 Å². The zero-order valence-electron chi connectivity index (χ0n) is 21.2. The lowest BCUT2D eigenvalue weighted by Gasteiger charge is -2.27. The molecule has 0 radical (unpaired) electrons. The van der Waals surface area contributed by atoms with Gasteiger partial charge in [0.1, 0.15) is 18.2 Å². The Bertz CT molecular complexity index is 1300. The van der Waals surface area contributed by atoms with Gasteiger partial charge in [0.05, 0.1) is 4.34 Å². The summed E-state index contributed by atoms with van der Waals surface area (Å²) in [5, 5.41) is 4.41. The zero-order chi connectivity index (χ0) is 26.8. The third-order valence-electron chi connectivity index (χ3n) is 6.17. The molecular formula is C26H32ClN3O5S2. The molecule has 1 N–H and O–H groups in total. The first kappa shape index (κ1) is 27.8. The number of esters is 1. The Morgan fingerprint density at radius 2 is 2.05 bits per heavy atom. The van der Waals surface area contributed by atoms with E-state index in [2.05, 4.69) is 5.32 Å². The molecule has 3 heterocycles. The smallest absolute Gasteiger partial charge is 0.321 e. The van der Waals surface area contributed by atoms with E-state index in [4.69, 9.17) is 16.3 Å². The highest BCUT2D eigenvalue weighted by atomic mass is 35.5. The van der Waals surface area contributed by atoms with Gasteiger partial charge in [-0.1, -0.05) is 17.7 Å². The van der Waals surface area contributed by atoms with E-state index in [1.807, 2.05) is 18.2 Å². The number of sulfonamides is 1. The number of carbonyl (C=O) groups excluding carboxylic acids is 2. The van der Waals surface area contributed by atoms with Crippen LogP contribution in [0.3, 0.4) is 0 Å². The standard InChI is InChI=1S/C26H32ClN3O5S2/c1-26(2,3)35-24(31)17-30(37(33,34)14-11-21-8-9-23(27)36-21)22-10-13-29(25(22)32)20-7-6-19-16-28-12-4-5-18(19)15-20/h6-9,11,14-15,22,28H,4-5,10,12-13,16-17H2,1-3H3/t22-/m0/s1. The normalized spacial score (nSPS) is 18.9. The number of ether oxygens (including phenoxy) is 1. The van der Waals surface area contributed by atoms with E-state index in [0.29, 0.717) is 15.8 Å². The molecule has 1 saturated heterocycles. The number of nitrogens with zero attached hydrogens (tertiary/aromatic N) is 2. The maximum Gasteiger partial charge on any atom is 0.321 e. The highest BCUT2D eigenvalue weighted by Crippen LogP contribution is 2.30. The second kappa shape index (κ2) is 11.2. The van der Waals surface area contributed by atoms with Gasteiger partial charge in [-0.25, -0.2) is 8.42 Å². The van der Waals surface area contributed by atoms with E-state index in [1.54, 1.807) is 37.8 Å². The lowest BCUT2D eigenvalue weighted by Crippen LogP contribution is -2.48. The van der Waals surface area contributed by atoms with E-state index in [9.17, 15) is 18.0 Å². The molecule has 0 unspecified atom stereocenters. The molecule has 1 fully saturated rings. The first-order valence-electron chi connectivity index (χ1n) is 12.2. The summed E-state index contributed by atoms with van der Waals surface area (Å²) >= 11 is 7.19. The van der Waals surface area contributed by atoms with Gasteiger partial charge in [0.2, 0.25) is 15.9 Å². The van der Waals surface area contributed by atoms with Crippen LogP contribution in [0.4, 0.5) is 5.69 Å². The molecule has 0 spiro atoms. The van der Waals surface area contributed by atoms with E-state index < -0.39 is 34.2 Å². The van der Waals surface area contributed by atoms with Crippen molar-refractivity contribution in [2.24, 2.45) is 0 Å². The quantitative estimate of drug-likeness (QED) is 0.506. The van der Waals surface area contributed by atoms with Gasteiger partial charge in [0, 0.05) is 29.1 Å². The number of fused-ring (bicyclic) bond motifs is 1. The fraction of sp³-hybridized carbons (Fsp3) is 0.462. The first-order chi connectivity index (χ1) is 17.4. The SMILES string of the molecule is CC(C)(C)OC(=O)CN([C@H]1CCN(c2ccc3c(c2)CCCNC3)C1=O)S(=O)(=O)C=Cc1ccc(Cl)s1. The van der Waals surface area contributed by atoms with Crippen LogP contribution in [0.2, 0.25) is 4.34 Å². The molecule has 11 heteroatoms. The molecule has 37 heavy (non-hydrogen) atoms. The van der Waals surface area contributed by atoms with E-state index >= 15 is 0 Å². The third-order valence-corrected chi connectivity index (χ3v) is 8.89. The molecule has 2 aliphatic heterocycles. The Kier molecular flexibility index (Phi) is 8.45. The van der Waals surface area contributed by atoms with Crippen LogP contribution in [0.15, 0.2) is 35.7 Å². The molecule has 4 rings (SSSR count). The number of carbonyl (C=O) groups is 2. The number of anilines is 1. The fourth-order valence-corrected chi connectivity index (χ4v) is 6.89. The van der Waals surface area contributed by atoms with Gasteiger partial charge in [-0.15, -0.1) is 11.3 Å². The van der Waals surface area contributed by atoms with E-state index in [0.717, 1.165) is 41.3 Å². The van der Waals surface area contributed by atoms with Gasteiger partial charge in [0.15, 0.2) is 0 Å². The Labute approximate surface area is 227 Å². The molecule has 8 nitrogen and oxygen atoms in total. The minimum Gasteiger partial charge on any atom is -0.459 e. The number of nitrogens with one attached hydrogen (secondary N) is 1. The van der Waals surface area contributed by atoms with Crippen molar-refractivity contribution in [1.29, 1.82) is 0 Å². The highest BCUT2D eigenvalue weighted by molar-refractivity contribution is 7.92. The minimum absolute atomic E-state index is 0.262. The molecular weight excluding hydrogens is 534 g/mol. The second-order valence-corrected chi connectivity index (χ2v) is 13.7. The summed E-state index contributed by atoms with van der Waals surface area (Å²) in [6.45, 7) is 6.65. The second-order valence-electron chi connectivity index (χ2n) is 10.1. The number of hydrogen-bond donors (Lipinski definition) is 1. The van der Waals surface area contributed by atoms with Crippen molar-refractivity contribution in [3.05, 3.63) is 56.1 Å². The monoisotopic (exact) mass is 565 g/mol. The van der Waals surface area contributed by atoms with Crippen LogP contribution in [0, 0.1) is 0 Å². The lowest BCUT2D eigenvalue weighted by molar-refractivity contribution is -0.155. The number of aryl methyl sites for hydroxylation is 1. The highest BCUT2D eigenvalue weighted by Gasteiger charge is 2.42. The average Bonchev–Trinajstić information content (AvgIpc) is 3.31. The van der Waals surface area contributed by atoms with Crippen LogP contribution < -0.4 is 10.2 Å². The maximum atomic E-state index is 13.6. The van der Waals surface area contributed by atoms with E-state index in [1.165, 1.54) is 28.5 Å². The maximum absolute atomic E-state index is 13.6. The van der Waals surface area contributed by atoms with Gasteiger partial charge >= 0.3 is 5.97 Å². The molecule has 1 aromatic heterocycles. The van der Waals surface area contributed by atoms with Crippen molar-refractivity contribution in [2.75, 3.05) is 24.5 Å². The summed E-state index contributed by atoms with van der Waals surface area (Å²) in [5.74, 6) is -1.07. The van der Waals surface area contributed by atoms with Gasteiger partial charge in [-0.2, -0.15) is 4.31 Å². The van der Waals surface area contributed by atoms with Crippen molar-refractivity contribution < 1.29 is 22.7 Å². The van der Waals surface area contributed by atoms with Crippen molar-refractivity contribution in [1.82, 2.24) is 9.62 Å². The molecule has 0 bridgehead atoms. The Hall–Kier alpha value is -2.24. The first-order valence-corrected chi connectivity index (χ1v) is 14.9. The van der Waals surface area contributed by atoms with Crippen LogP contribution >= 0.6 is 22.9 Å². The molecule has 200 valence electrons. The summed E-state index contributed by atoms with van der Waals surface area (Å²) in [6, 6.07) is 8.30. The summed E-state index contributed by atoms with van der Waals surface area (Å²) in [6.07, 6.45) is 3.61. The molecule has 2 aromatic rings. The predicted octanol–water partition coefficient (Wildman–Crippen LogP) is 4.19. The Balaban J connectivity index is 1.60. The van der Waals surface area contributed by atoms with Crippen LogP contribution in [0.25, 0.3) is 6.08 Å². The number of halogens is 1. The van der Waals surface area contributed by atoms with Crippen molar-refractivity contribution >= 4 is 56.6 Å². The van der Waals surface area contributed by atoms with Crippen molar-refractivity contribution in [3.8, 4) is 0 Å². The molecule has 2 aliphatic rings. The van der Waals surface area contributed by atoms with E-state index in [-0.39, 0.29) is 12.3 Å². The fourth-order valence-electron chi connectivity index (χ4n) is 4.53. The van der Waals surface area contributed by atoms with Crippen LogP contribution in [0.5, 0.6) is 0 Å². The number of benzene rings is 1. The van der Waals surface area contributed by atoms with Gasteiger partial charge in [-0.3, -0.25) is 9.59 Å². The van der Waals surface area contributed by atoms with Crippen LogP contribution in [0.1, 0.15) is 49.6 Å². The molecule has 0 aliphatic carbocycles. The summed E-state index contributed by atoms with van der Waals surface area (Å²) < 4.78 is 33.8. The number of thiophene rings is 1. The van der Waals surface area contributed by atoms with Gasteiger partial charge < -0.3 is 15.0 Å². The van der Waals surface area contributed by atoms with Crippen molar-refractivity contribution in [3.63, 3.8) is 0 Å². The number of rotatable bonds is 7. The third kappa shape index (κ3) is 7.00. The lowest BCUT2D eigenvalue weighted by atomic mass is 10.0. The molecule has 0 saturated carbocycles.